The minimum atomic E-state index is -0.494. The Kier molecular flexibility index (Phi) is 10.5. The van der Waals surface area contributed by atoms with Gasteiger partial charge in [-0.1, -0.05) is 273 Å². The zero-order valence-corrected chi connectivity index (χ0v) is 41.8. The fourth-order valence-corrected chi connectivity index (χ4v) is 13.7. The Morgan fingerprint density at radius 2 is 0.547 bits per heavy atom. The molecule has 0 atom stereocenters. The molecule has 0 spiro atoms. The van der Waals surface area contributed by atoms with Crippen LogP contribution in [0.4, 0.5) is 11.4 Å². The molecular formula is C74H53N. The molecule has 14 rings (SSSR count). The lowest BCUT2D eigenvalue weighted by molar-refractivity contribution is 0.768. The summed E-state index contributed by atoms with van der Waals surface area (Å²) in [6.45, 7) is 2.25. The van der Waals surface area contributed by atoms with Gasteiger partial charge in [0.25, 0.3) is 0 Å². The molecule has 0 saturated carbocycles. The van der Waals surface area contributed by atoms with Gasteiger partial charge in [-0.2, -0.15) is 0 Å². The fraction of sp³-hybridized carbons (Fsp3) is 0.0541. The largest absolute Gasteiger partial charge is 0.315 e. The number of fused-ring (bicyclic) bond motifs is 9. The predicted molar refractivity (Wildman–Crippen MR) is 311 cm³/mol. The van der Waals surface area contributed by atoms with Crippen molar-refractivity contribution in [2.24, 2.45) is 0 Å². The van der Waals surface area contributed by atoms with E-state index in [-0.39, 0.29) is 0 Å². The number of anilines is 2. The molecular weight excluding hydrogens is 903 g/mol. The van der Waals surface area contributed by atoms with Gasteiger partial charge in [-0.05, 0) is 132 Å². The van der Waals surface area contributed by atoms with E-state index in [4.69, 9.17) is 0 Å². The van der Waals surface area contributed by atoms with Crippen molar-refractivity contribution < 1.29 is 0 Å². The molecule has 0 N–H and O–H groups in total. The Labute approximate surface area is 440 Å². The van der Waals surface area contributed by atoms with E-state index in [9.17, 15) is 0 Å². The van der Waals surface area contributed by atoms with E-state index in [0.717, 1.165) is 17.1 Å². The van der Waals surface area contributed by atoms with Crippen LogP contribution in [0.25, 0.3) is 33.4 Å². The maximum Gasteiger partial charge on any atom is 0.0713 e. The lowest BCUT2D eigenvalue weighted by Gasteiger charge is -2.35. The molecule has 0 amide bonds. The van der Waals surface area contributed by atoms with Gasteiger partial charge in [-0.15, -0.1) is 0 Å². The van der Waals surface area contributed by atoms with Crippen molar-refractivity contribution in [3.8, 4) is 33.4 Å². The van der Waals surface area contributed by atoms with Gasteiger partial charge in [0.2, 0.25) is 0 Å². The van der Waals surface area contributed by atoms with Gasteiger partial charge in [0.1, 0.15) is 0 Å². The quantitative estimate of drug-likeness (QED) is 0.124. The lowest BCUT2D eigenvalue weighted by Crippen LogP contribution is -2.29. The Morgan fingerprint density at radius 1 is 0.280 bits per heavy atom. The highest BCUT2D eigenvalue weighted by Crippen LogP contribution is 2.58. The summed E-state index contributed by atoms with van der Waals surface area (Å²) in [5.74, 6) is 0. The molecule has 0 fully saturated rings. The zero-order chi connectivity index (χ0) is 50.0. The summed E-state index contributed by atoms with van der Waals surface area (Å²) < 4.78 is 0. The minimum absolute atomic E-state index is 0.474. The minimum Gasteiger partial charge on any atom is -0.315 e. The van der Waals surface area contributed by atoms with E-state index in [1.165, 1.54) is 94.6 Å². The van der Waals surface area contributed by atoms with Crippen LogP contribution in [-0.2, 0) is 16.2 Å². The zero-order valence-electron chi connectivity index (χ0n) is 41.8. The molecule has 0 aliphatic heterocycles. The number of nitrogens with zero attached hydrogens (tertiary/aromatic N) is 1. The summed E-state index contributed by atoms with van der Waals surface area (Å²) in [5, 5.41) is 0. The molecule has 1 nitrogen and oxygen atoms in total. The molecule has 3 aliphatic rings. The van der Waals surface area contributed by atoms with E-state index in [1.54, 1.807) is 0 Å². The van der Waals surface area contributed by atoms with Crippen molar-refractivity contribution in [1.29, 1.82) is 0 Å². The monoisotopic (exact) mass is 955 g/mol. The molecule has 1 heteroatoms. The first-order valence-corrected chi connectivity index (χ1v) is 26.3. The Hall–Kier alpha value is -9.30. The van der Waals surface area contributed by atoms with Crippen LogP contribution in [-0.4, -0.2) is 0 Å². The van der Waals surface area contributed by atoms with Crippen LogP contribution in [0.1, 0.15) is 68.1 Å². The summed E-state index contributed by atoms with van der Waals surface area (Å²) >= 11 is 0. The second kappa shape index (κ2) is 17.7. The van der Waals surface area contributed by atoms with Crippen LogP contribution < -0.4 is 4.90 Å². The second-order valence-corrected chi connectivity index (χ2v) is 20.3. The van der Waals surface area contributed by atoms with Crippen LogP contribution in [0.2, 0.25) is 0 Å². The Bertz CT molecular complexity index is 3680. The molecule has 0 radical (unpaired) electrons. The first kappa shape index (κ1) is 44.4. The van der Waals surface area contributed by atoms with E-state index < -0.39 is 16.2 Å². The highest BCUT2D eigenvalue weighted by atomic mass is 15.1. The van der Waals surface area contributed by atoms with Crippen molar-refractivity contribution >= 4 is 11.4 Å². The van der Waals surface area contributed by atoms with Gasteiger partial charge in [-0.3, -0.25) is 0 Å². The molecule has 0 unspecified atom stereocenters. The molecule has 75 heavy (non-hydrogen) atoms. The molecule has 0 aromatic heterocycles. The molecule has 0 bridgehead atoms. The van der Waals surface area contributed by atoms with Crippen LogP contribution in [0.3, 0.4) is 0 Å². The molecule has 11 aromatic carbocycles. The van der Waals surface area contributed by atoms with Gasteiger partial charge >= 0.3 is 0 Å². The average molecular weight is 956 g/mol. The summed E-state index contributed by atoms with van der Waals surface area (Å²) in [6.07, 6.45) is 7.03. The summed E-state index contributed by atoms with van der Waals surface area (Å²) in [7, 11) is 0. The van der Waals surface area contributed by atoms with Crippen molar-refractivity contribution in [2.75, 3.05) is 4.90 Å². The maximum atomic E-state index is 2.43. The number of rotatable bonds is 10. The first-order valence-electron chi connectivity index (χ1n) is 26.3. The first-order chi connectivity index (χ1) is 37.1. The van der Waals surface area contributed by atoms with Gasteiger partial charge in [-0.25, -0.2) is 0 Å². The van der Waals surface area contributed by atoms with Gasteiger partial charge < -0.3 is 4.90 Å². The second-order valence-electron chi connectivity index (χ2n) is 20.3. The topological polar surface area (TPSA) is 3.24 Å². The van der Waals surface area contributed by atoms with Crippen LogP contribution in [0.5, 0.6) is 0 Å². The number of hydrogen-bond donors (Lipinski definition) is 0. The van der Waals surface area contributed by atoms with Gasteiger partial charge in [0.15, 0.2) is 0 Å². The van der Waals surface area contributed by atoms with E-state index in [2.05, 4.69) is 315 Å². The van der Waals surface area contributed by atoms with Crippen molar-refractivity contribution in [1.82, 2.24) is 0 Å². The highest BCUT2D eigenvalue weighted by molar-refractivity contribution is 5.89. The Morgan fingerprint density at radius 3 is 0.893 bits per heavy atom. The van der Waals surface area contributed by atoms with Crippen molar-refractivity contribution in [3.63, 3.8) is 0 Å². The van der Waals surface area contributed by atoms with E-state index in [0.29, 0.717) is 0 Å². The standard InChI is InChI=1S/C74H53N/c1-52(24-23-51-72(53-25-5-2-6-26-53)66-37-17-11-31-60(66)61-32-12-18-38-67(61)72)75(58-47-43-56(44-48-58)73(54-27-7-3-8-28-54)68-39-19-13-33-62(68)63-34-14-20-40-69(63)73)59-49-45-57(46-50-59)74(55-29-9-4-10-30-55)70-41-21-15-35-64(70)65-36-16-22-42-71(65)74/h2-51H,1H3. The number of benzene rings is 11. The lowest BCUT2D eigenvalue weighted by atomic mass is 9.67. The molecule has 354 valence electrons. The van der Waals surface area contributed by atoms with Crippen LogP contribution in [0, 0.1) is 0 Å². The van der Waals surface area contributed by atoms with E-state index in [1.807, 2.05) is 0 Å². The third kappa shape index (κ3) is 6.51. The highest BCUT2D eigenvalue weighted by Gasteiger charge is 2.48. The molecule has 0 heterocycles. The third-order valence-corrected chi connectivity index (χ3v) is 16.7. The van der Waals surface area contributed by atoms with Gasteiger partial charge in [0.05, 0.1) is 16.2 Å². The van der Waals surface area contributed by atoms with Crippen LogP contribution in [0.15, 0.2) is 309 Å². The smallest absolute Gasteiger partial charge is 0.0713 e. The molecule has 11 aromatic rings. The SMILES string of the molecule is CC(=CC=CC1(c2ccccc2)c2ccccc2-c2ccccc21)N(c1ccc(C2(c3ccccc3)c3ccccc3-c3ccccc32)cc1)c1ccc(C2(c3ccccc3)c3ccccc3-c3ccccc32)cc1. The Balaban J connectivity index is 0.943. The van der Waals surface area contributed by atoms with E-state index >= 15 is 0 Å². The summed E-state index contributed by atoms with van der Waals surface area (Å²) in [6, 6.07) is 106. The normalized spacial score (nSPS) is 14.8. The van der Waals surface area contributed by atoms with Crippen LogP contribution >= 0.6 is 0 Å². The summed E-state index contributed by atoms with van der Waals surface area (Å²) in [4.78, 5) is 2.43. The molecule has 0 saturated heterocycles. The van der Waals surface area contributed by atoms with Crippen molar-refractivity contribution in [3.05, 3.63) is 370 Å². The number of allylic oxidation sites excluding steroid dienone is 4. The maximum absolute atomic E-state index is 2.43. The predicted octanol–water partition coefficient (Wildman–Crippen LogP) is 18.0. The van der Waals surface area contributed by atoms with Crippen molar-refractivity contribution in [2.45, 2.75) is 23.2 Å². The van der Waals surface area contributed by atoms with Gasteiger partial charge in [0, 0.05) is 17.1 Å². The molecule has 3 aliphatic carbocycles. The summed E-state index contributed by atoms with van der Waals surface area (Å²) in [5.41, 5.74) is 23.6. The third-order valence-electron chi connectivity index (χ3n) is 16.7. The average Bonchev–Trinajstić information content (AvgIpc) is 4.09. The fourth-order valence-electron chi connectivity index (χ4n) is 13.7. The number of hydrogen-bond acceptors (Lipinski definition) is 1.